The first kappa shape index (κ1) is 13.7. The first-order chi connectivity index (χ1) is 9.09. The molecule has 0 aliphatic rings. The van der Waals surface area contributed by atoms with Gasteiger partial charge in [-0.25, -0.2) is 0 Å². The van der Waals surface area contributed by atoms with Gasteiger partial charge in [0.1, 0.15) is 0 Å². The molecule has 2 aromatic rings. The van der Waals surface area contributed by atoms with Crippen LogP contribution in [0, 0.1) is 13.8 Å². The summed E-state index contributed by atoms with van der Waals surface area (Å²) in [4.78, 5) is 24.8. The molecule has 0 N–H and O–H groups in total. The average molecular weight is 275 g/mol. The van der Waals surface area contributed by atoms with E-state index in [1.807, 2.05) is 44.2 Å². The van der Waals surface area contributed by atoms with E-state index in [0.717, 1.165) is 16.1 Å². The van der Waals surface area contributed by atoms with E-state index in [1.165, 1.54) is 11.3 Å². The Morgan fingerprint density at radius 3 is 2.47 bits per heavy atom. The quantitative estimate of drug-likeness (QED) is 0.786. The third-order valence-corrected chi connectivity index (χ3v) is 4.25. The van der Waals surface area contributed by atoms with E-state index in [2.05, 4.69) is 0 Å². The number of aryl methyl sites for hydroxylation is 1. The maximum Gasteiger partial charge on any atom is 0.307 e. The summed E-state index contributed by atoms with van der Waals surface area (Å²) < 4.78 is 1.76. The molecule has 3 nitrogen and oxygen atoms in total. The molecule has 100 valence electrons. The number of thiazole rings is 1. The summed E-state index contributed by atoms with van der Waals surface area (Å²) in [6, 6.07) is 9.28. The van der Waals surface area contributed by atoms with E-state index in [-0.39, 0.29) is 10.7 Å². The molecule has 19 heavy (non-hydrogen) atoms. The minimum atomic E-state index is 0.0714. The summed E-state index contributed by atoms with van der Waals surface area (Å²) in [7, 11) is 0. The zero-order valence-corrected chi connectivity index (χ0v) is 12.0. The fourth-order valence-electron chi connectivity index (χ4n) is 2.01. The molecule has 0 aliphatic heterocycles. The molecule has 0 saturated carbocycles. The molecule has 0 saturated heterocycles. The van der Waals surface area contributed by atoms with Crippen molar-refractivity contribution in [1.29, 1.82) is 0 Å². The zero-order chi connectivity index (χ0) is 13.8. The summed E-state index contributed by atoms with van der Waals surface area (Å²) in [6.07, 6.45) is 1.18. The van der Waals surface area contributed by atoms with E-state index in [0.29, 0.717) is 19.4 Å². The SMILES string of the molecule is Cc1sc(=O)n(CCCC(=O)c2ccccc2)c1C. The molecule has 0 atom stereocenters. The molecule has 4 heteroatoms. The van der Waals surface area contributed by atoms with Crippen LogP contribution in [-0.2, 0) is 6.54 Å². The van der Waals surface area contributed by atoms with Gasteiger partial charge < -0.3 is 4.57 Å². The zero-order valence-electron chi connectivity index (χ0n) is 11.2. The van der Waals surface area contributed by atoms with Crippen molar-refractivity contribution in [3.05, 3.63) is 56.1 Å². The van der Waals surface area contributed by atoms with Crippen LogP contribution in [0.25, 0.3) is 0 Å². The number of carbonyl (C=O) groups is 1. The van der Waals surface area contributed by atoms with Crippen molar-refractivity contribution in [3.8, 4) is 0 Å². The Bertz CT molecular complexity index is 625. The van der Waals surface area contributed by atoms with E-state index in [1.54, 1.807) is 4.57 Å². The van der Waals surface area contributed by atoms with Crippen LogP contribution in [0.5, 0.6) is 0 Å². The van der Waals surface area contributed by atoms with Crippen molar-refractivity contribution in [2.45, 2.75) is 33.2 Å². The van der Waals surface area contributed by atoms with Gasteiger partial charge in [-0.15, -0.1) is 0 Å². The number of nitrogens with zero attached hydrogens (tertiary/aromatic N) is 1. The minimum Gasteiger partial charge on any atom is -0.303 e. The first-order valence-electron chi connectivity index (χ1n) is 6.34. The third kappa shape index (κ3) is 3.20. The van der Waals surface area contributed by atoms with Gasteiger partial charge in [-0.2, -0.15) is 0 Å². The predicted molar refractivity (Wildman–Crippen MR) is 78.1 cm³/mol. The highest BCUT2D eigenvalue weighted by molar-refractivity contribution is 7.09. The molecule has 0 aliphatic carbocycles. The summed E-state index contributed by atoms with van der Waals surface area (Å²) >= 11 is 1.27. The fourth-order valence-corrected chi connectivity index (χ4v) is 2.87. The second kappa shape index (κ2) is 5.97. The maximum atomic E-state index is 11.9. The Balaban J connectivity index is 1.94. The lowest BCUT2D eigenvalue weighted by atomic mass is 10.1. The molecule has 0 spiro atoms. The van der Waals surface area contributed by atoms with Gasteiger partial charge in [0.05, 0.1) is 0 Å². The van der Waals surface area contributed by atoms with Gasteiger partial charge in [-0.05, 0) is 20.3 Å². The van der Waals surface area contributed by atoms with Crippen LogP contribution in [0.3, 0.4) is 0 Å². The molecular formula is C15H17NO2S. The van der Waals surface area contributed by atoms with Crippen molar-refractivity contribution in [1.82, 2.24) is 4.57 Å². The van der Waals surface area contributed by atoms with Crippen LogP contribution in [0.4, 0.5) is 0 Å². The van der Waals surface area contributed by atoms with Crippen LogP contribution in [0.15, 0.2) is 35.1 Å². The highest BCUT2D eigenvalue weighted by Crippen LogP contribution is 2.11. The Morgan fingerprint density at radius 2 is 1.89 bits per heavy atom. The number of aromatic nitrogens is 1. The number of Topliss-reactive ketones (excluding diaryl/α,β-unsaturated/α-hetero) is 1. The second-order valence-electron chi connectivity index (χ2n) is 4.55. The first-order valence-corrected chi connectivity index (χ1v) is 7.16. The van der Waals surface area contributed by atoms with E-state index >= 15 is 0 Å². The summed E-state index contributed by atoms with van der Waals surface area (Å²) in [5.74, 6) is 0.137. The van der Waals surface area contributed by atoms with Crippen molar-refractivity contribution in [3.63, 3.8) is 0 Å². The molecule has 0 radical (unpaired) electrons. The van der Waals surface area contributed by atoms with Crippen molar-refractivity contribution < 1.29 is 4.79 Å². The Labute approximate surface area is 116 Å². The van der Waals surface area contributed by atoms with Crippen LogP contribution in [0.2, 0.25) is 0 Å². The van der Waals surface area contributed by atoms with Gasteiger partial charge in [0, 0.05) is 29.1 Å². The van der Waals surface area contributed by atoms with Crippen LogP contribution >= 0.6 is 11.3 Å². The summed E-state index contributed by atoms with van der Waals surface area (Å²) in [6.45, 7) is 4.52. The maximum absolute atomic E-state index is 11.9. The molecule has 1 aromatic carbocycles. The Morgan fingerprint density at radius 1 is 1.21 bits per heavy atom. The number of carbonyl (C=O) groups excluding carboxylic acids is 1. The number of ketones is 1. The number of rotatable bonds is 5. The molecule has 0 amide bonds. The Kier molecular flexibility index (Phi) is 4.32. The van der Waals surface area contributed by atoms with Crippen LogP contribution in [0.1, 0.15) is 33.8 Å². The van der Waals surface area contributed by atoms with Crippen LogP contribution in [-0.4, -0.2) is 10.4 Å². The van der Waals surface area contributed by atoms with Crippen molar-refractivity contribution >= 4 is 17.1 Å². The van der Waals surface area contributed by atoms with Gasteiger partial charge in [0.15, 0.2) is 5.78 Å². The molecule has 0 bridgehead atoms. The number of hydrogen-bond acceptors (Lipinski definition) is 3. The van der Waals surface area contributed by atoms with Gasteiger partial charge >= 0.3 is 4.87 Å². The Hall–Kier alpha value is -1.68. The van der Waals surface area contributed by atoms with E-state index in [4.69, 9.17) is 0 Å². The topological polar surface area (TPSA) is 39.1 Å². The highest BCUT2D eigenvalue weighted by atomic mass is 32.1. The normalized spacial score (nSPS) is 10.6. The van der Waals surface area contributed by atoms with E-state index < -0.39 is 0 Å². The molecule has 1 heterocycles. The largest absolute Gasteiger partial charge is 0.307 e. The lowest BCUT2D eigenvalue weighted by Gasteiger charge is -2.04. The molecule has 1 aromatic heterocycles. The lowest BCUT2D eigenvalue weighted by Crippen LogP contribution is -2.15. The van der Waals surface area contributed by atoms with Gasteiger partial charge in [-0.3, -0.25) is 9.59 Å². The van der Waals surface area contributed by atoms with Crippen molar-refractivity contribution in [2.75, 3.05) is 0 Å². The van der Waals surface area contributed by atoms with Gasteiger partial charge in [-0.1, -0.05) is 41.7 Å². The number of hydrogen-bond donors (Lipinski definition) is 0. The summed E-state index contributed by atoms with van der Waals surface area (Å²) in [5, 5.41) is 0. The van der Waals surface area contributed by atoms with Crippen LogP contribution < -0.4 is 4.87 Å². The number of benzene rings is 1. The molecule has 0 unspecified atom stereocenters. The summed E-state index contributed by atoms with van der Waals surface area (Å²) in [5.41, 5.74) is 1.76. The smallest absolute Gasteiger partial charge is 0.303 e. The molecule has 0 fully saturated rings. The van der Waals surface area contributed by atoms with E-state index in [9.17, 15) is 9.59 Å². The monoisotopic (exact) mass is 275 g/mol. The average Bonchev–Trinajstić information content (AvgIpc) is 2.66. The highest BCUT2D eigenvalue weighted by Gasteiger charge is 2.09. The second-order valence-corrected chi connectivity index (χ2v) is 5.72. The van der Waals surface area contributed by atoms with Crippen molar-refractivity contribution in [2.24, 2.45) is 0 Å². The lowest BCUT2D eigenvalue weighted by molar-refractivity contribution is 0.0978. The molecule has 2 rings (SSSR count). The minimum absolute atomic E-state index is 0.0714. The fraction of sp³-hybridized carbons (Fsp3) is 0.333. The molecular weight excluding hydrogens is 258 g/mol. The van der Waals surface area contributed by atoms with Gasteiger partial charge in [0.2, 0.25) is 0 Å². The van der Waals surface area contributed by atoms with Gasteiger partial charge in [0.25, 0.3) is 0 Å². The standard InChI is InChI=1S/C15H17NO2S/c1-11-12(2)19-15(18)16(11)10-6-9-14(17)13-7-4-3-5-8-13/h3-5,7-8H,6,9-10H2,1-2H3. The third-order valence-electron chi connectivity index (χ3n) is 3.26. The predicted octanol–water partition coefficient (Wildman–Crippen LogP) is 3.19.